The minimum Gasteiger partial charge on any atom is -0.507 e. The Balaban J connectivity index is 2.55. The number of hydrogen-bond donors (Lipinski definition) is 2. The highest BCUT2D eigenvalue weighted by Gasteiger charge is 2.10. The van der Waals surface area contributed by atoms with Gasteiger partial charge < -0.3 is 10.2 Å². The number of carbonyl (C=O) groups is 2. The van der Waals surface area contributed by atoms with Crippen molar-refractivity contribution in [3.05, 3.63) is 47.5 Å². The van der Waals surface area contributed by atoms with Crippen molar-refractivity contribution in [3.63, 3.8) is 0 Å². The second kappa shape index (κ2) is 4.71. The number of phenols is 2. The summed E-state index contributed by atoms with van der Waals surface area (Å²) in [5.41, 5.74) is 1.49. The van der Waals surface area contributed by atoms with Gasteiger partial charge in [-0.3, -0.25) is 9.59 Å². The van der Waals surface area contributed by atoms with E-state index in [-0.39, 0.29) is 11.5 Å². The average molecular weight is 242 g/mol. The highest BCUT2D eigenvalue weighted by Crippen LogP contribution is 2.35. The van der Waals surface area contributed by atoms with E-state index < -0.39 is 0 Å². The molecule has 0 saturated heterocycles. The normalized spacial score (nSPS) is 10.0. The molecule has 4 heteroatoms. The molecule has 0 heterocycles. The summed E-state index contributed by atoms with van der Waals surface area (Å²) < 4.78 is 0. The maximum absolute atomic E-state index is 10.6. The van der Waals surface area contributed by atoms with Gasteiger partial charge in [-0.15, -0.1) is 0 Å². The molecule has 0 bridgehead atoms. The van der Waals surface area contributed by atoms with Crippen molar-refractivity contribution in [1.82, 2.24) is 0 Å². The monoisotopic (exact) mass is 242 g/mol. The number of rotatable bonds is 3. The first-order chi connectivity index (χ1) is 8.65. The van der Waals surface area contributed by atoms with Crippen LogP contribution in [0.1, 0.15) is 20.7 Å². The van der Waals surface area contributed by atoms with Crippen molar-refractivity contribution >= 4 is 12.6 Å². The quantitative estimate of drug-likeness (QED) is 0.810. The van der Waals surface area contributed by atoms with Gasteiger partial charge in [-0.1, -0.05) is 12.1 Å². The average Bonchev–Trinajstić information content (AvgIpc) is 2.39. The van der Waals surface area contributed by atoms with Crippen LogP contribution in [-0.4, -0.2) is 22.8 Å². The molecule has 0 atom stereocenters. The van der Waals surface area contributed by atoms with Crippen molar-refractivity contribution in [1.29, 1.82) is 0 Å². The molecule has 2 N–H and O–H groups in total. The Morgan fingerprint density at radius 1 is 0.722 bits per heavy atom. The molecule has 90 valence electrons. The highest BCUT2D eigenvalue weighted by atomic mass is 16.3. The van der Waals surface area contributed by atoms with Crippen LogP contribution in [0.25, 0.3) is 11.1 Å². The zero-order chi connectivity index (χ0) is 13.1. The van der Waals surface area contributed by atoms with Gasteiger partial charge in [-0.2, -0.15) is 0 Å². The van der Waals surface area contributed by atoms with Crippen molar-refractivity contribution in [2.45, 2.75) is 0 Å². The Kier molecular flexibility index (Phi) is 3.10. The van der Waals surface area contributed by atoms with E-state index in [9.17, 15) is 19.8 Å². The molecular weight excluding hydrogens is 232 g/mol. The lowest BCUT2D eigenvalue weighted by atomic mass is 10.0. The fourth-order valence-corrected chi connectivity index (χ4v) is 1.70. The van der Waals surface area contributed by atoms with Crippen LogP contribution in [0.3, 0.4) is 0 Å². The molecule has 18 heavy (non-hydrogen) atoms. The molecule has 2 aromatic carbocycles. The summed E-state index contributed by atoms with van der Waals surface area (Å²) in [6.07, 6.45) is 1.25. The van der Waals surface area contributed by atoms with E-state index in [0.717, 1.165) is 0 Å². The number of benzene rings is 2. The topological polar surface area (TPSA) is 74.6 Å². The molecule has 0 aromatic heterocycles. The van der Waals surface area contributed by atoms with Crippen LogP contribution >= 0.6 is 0 Å². The summed E-state index contributed by atoms with van der Waals surface area (Å²) in [6, 6.07) is 8.78. The van der Waals surface area contributed by atoms with E-state index in [1.54, 1.807) is 0 Å². The van der Waals surface area contributed by atoms with Gasteiger partial charge in [0.15, 0.2) is 0 Å². The first-order valence-electron chi connectivity index (χ1n) is 5.22. The van der Waals surface area contributed by atoms with Gasteiger partial charge in [0.25, 0.3) is 0 Å². The number of aromatic hydroxyl groups is 2. The molecule has 2 aromatic rings. The Morgan fingerprint density at radius 2 is 1.11 bits per heavy atom. The van der Waals surface area contributed by atoms with Crippen LogP contribution in [0.2, 0.25) is 0 Å². The molecular formula is C14H10O4. The van der Waals surface area contributed by atoms with Crippen molar-refractivity contribution in [3.8, 4) is 22.6 Å². The molecule has 4 nitrogen and oxygen atoms in total. The summed E-state index contributed by atoms with van der Waals surface area (Å²) in [5, 5.41) is 19.6. The minimum atomic E-state index is -0.103. The van der Waals surface area contributed by atoms with Crippen molar-refractivity contribution < 1.29 is 19.8 Å². The molecule has 0 spiro atoms. The van der Waals surface area contributed by atoms with Crippen LogP contribution in [-0.2, 0) is 0 Å². The zero-order valence-corrected chi connectivity index (χ0v) is 9.33. The van der Waals surface area contributed by atoms with E-state index in [2.05, 4.69) is 0 Å². The minimum absolute atomic E-state index is 0.103. The Hall–Kier alpha value is -2.62. The first kappa shape index (κ1) is 11.9. The summed E-state index contributed by atoms with van der Waals surface area (Å²) in [7, 11) is 0. The zero-order valence-electron chi connectivity index (χ0n) is 9.33. The third kappa shape index (κ3) is 2.08. The first-order valence-corrected chi connectivity index (χ1v) is 5.22. The predicted octanol–water partition coefficient (Wildman–Crippen LogP) is 2.39. The van der Waals surface area contributed by atoms with Gasteiger partial charge in [0.05, 0.1) is 0 Å². The van der Waals surface area contributed by atoms with Crippen LogP contribution in [0.15, 0.2) is 36.4 Å². The molecule has 0 aliphatic carbocycles. The van der Waals surface area contributed by atoms with Gasteiger partial charge >= 0.3 is 0 Å². The van der Waals surface area contributed by atoms with Crippen LogP contribution < -0.4 is 0 Å². The highest BCUT2D eigenvalue weighted by molar-refractivity contribution is 5.84. The van der Waals surface area contributed by atoms with E-state index in [1.165, 1.54) is 36.4 Å². The van der Waals surface area contributed by atoms with E-state index in [0.29, 0.717) is 34.8 Å². The lowest BCUT2D eigenvalue weighted by Crippen LogP contribution is -1.86. The van der Waals surface area contributed by atoms with E-state index >= 15 is 0 Å². The van der Waals surface area contributed by atoms with E-state index in [1.807, 2.05) is 0 Å². The summed E-state index contributed by atoms with van der Waals surface area (Å²) >= 11 is 0. The number of aldehydes is 2. The molecule has 0 aliphatic rings. The maximum atomic E-state index is 10.6. The molecule has 0 fully saturated rings. The molecule has 0 unspecified atom stereocenters. The summed E-state index contributed by atoms with van der Waals surface area (Å²) in [6.45, 7) is 0. The summed E-state index contributed by atoms with van der Waals surface area (Å²) in [4.78, 5) is 21.1. The predicted molar refractivity (Wildman–Crippen MR) is 66.0 cm³/mol. The lowest BCUT2D eigenvalue weighted by molar-refractivity contribution is 0.111. The Labute approximate surface area is 103 Å². The van der Waals surface area contributed by atoms with Gasteiger partial charge in [0.2, 0.25) is 0 Å². The van der Waals surface area contributed by atoms with Crippen molar-refractivity contribution in [2.24, 2.45) is 0 Å². The SMILES string of the molecule is O=Cc1ccc(-c2ccc(C=O)cc2O)c(O)c1. The van der Waals surface area contributed by atoms with Gasteiger partial charge in [-0.25, -0.2) is 0 Å². The standard InChI is InChI=1S/C14H10O4/c15-7-9-1-3-11(13(17)5-9)12-4-2-10(8-16)6-14(12)18/h1-8,17-18H. The van der Waals surface area contributed by atoms with Crippen LogP contribution in [0.5, 0.6) is 11.5 Å². The molecule has 0 radical (unpaired) electrons. The molecule has 0 amide bonds. The fraction of sp³-hybridized carbons (Fsp3) is 0. The number of carbonyl (C=O) groups excluding carboxylic acids is 2. The third-order valence-electron chi connectivity index (χ3n) is 2.61. The third-order valence-corrected chi connectivity index (χ3v) is 2.61. The number of hydrogen-bond acceptors (Lipinski definition) is 4. The summed E-state index contributed by atoms with van der Waals surface area (Å²) in [5.74, 6) is -0.206. The Morgan fingerprint density at radius 3 is 1.39 bits per heavy atom. The van der Waals surface area contributed by atoms with Crippen molar-refractivity contribution in [2.75, 3.05) is 0 Å². The van der Waals surface area contributed by atoms with Gasteiger partial charge in [0, 0.05) is 22.3 Å². The van der Waals surface area contributed by atoms with Crippen LogP contribution in [0.4, 0.5) is 0 Å². The molecule has 0 aliphatic heterocycles. The number of phenolic OH excluding ortho intramolecular Hbond substituents is 2. The molecule has 2 rings (SSSR count). The second-order valence-electron chi connectivity index (χ2n) is 3.79. The fourth-order valence-electron chi connectivity index (χ4n) is 1.70. The van der Waals surface area contributed by atoms with Gasteiger partial charge in [-0.05, 0) is 24.3 Å². The lowest BCUT2D eigenvalue weighted by Gasteiger charge is -2.08. The second-order valence-corrected chi connectivity index (χ2v) is 3.79. The Bertz CT molecular complexity index is 562. The van der Waals surface area contributed by atoms with Crippen LogP contribution in [0, 0.1) is 0 Å². The maximum Gasteiger partial charge on any atom is 0.150 e. The van der Waals surface area contributed by atoms with Gasteiger partial charge in [0.1, 0.15) is 24.1 Å². The van der Waals surface area contributed by atoms with E-state index in [4.69, 9.17) is 0 Å². The smallest absolute Gasteiger partial charge is 0.150 e. The molecule has 0 saturated carbocycles. The largest absolute Gasteiger partial charge is 0.507 e.